The number of amidine groups is 1. The largest absolute Gasteiger partial charge is 0.490 e. The molecule has 0 saturated carbocycles. The summed E-state index contributed by atoms with van der Waals surface area (Å²) in [6.07, 6.45) is 2.08. The number of amides is 3. The molecule has 0 radical (unpaired) electrons. The number of aliphatic carboxylic acids is 1. The van der Waals surface area contributed by atoms with Crippen molar-refractivity contribution in [2.24, 2.45) is 10.7 Å². The zero-order valence-electron chi connectivity index (χ0n) is 26.5. The fraction of sp³-hybridized carbons (Fsp3) is 0.438. The second-order valence-electron chi connectivity index (χ2n) is 11.5. The number of carboxylic acids is 1. The number of carbonyl (C=O) groups is 3. The van der Waals surface area contributed by atoms with Gasteiger partial charge < -0.3 is 16.2 Å². The van der Waals surface area contributed by atoms with E-state index in [9.17, 15) is 31.2 Å². The molecule has 0 aliphatic carbocycles. The standard InChI is InChI=1S/C30H39N5O4S.C2HF3O2/c1-22-20-25(34(3)29(31)37)21-23(2)26(22)14-19-40(38,39)35-17-15-30(16-18-35)28(36)32-27(33-30)13-9-5-8-12-24-10-6-4-7-11-24;3-2(4,5)1(6)7/h4,6-7,10-11,14,19-21H,5,8-9,12-13,15-18H2,1-3H3,(H2,31,37)(H,32,33,36);(H,6,7)/b19-14-;. The van der Waals surface area contributed by atoms with E-state index in [4.69, 9.17) is 20.6 Å². The van der Waals surface area contributed by atoms with Gasteiger partial charge in [-0.1, -0.05) is 36.8 Å². The van der Waals surface area contributed by atoms with E-state index in [-0.39, 0.29) is 19.0 Å². The Balaban J connectivity index is 0.000000771. The van der Waals surface area contributed by atoms with E-state index in [0.29, 0.717) is 18.5 Å². The molecule has 2 heterocycles. The molecule has 3 amide bonds. The number of nitrogens with one attached hydrogen (secondary N) is 1. The summed E-state index contributed by atoms with van der Waals surface area (Å²) >= 11 is 0. The van der Waals surface area contributed by atoms with Crippen molar-refractivity contribution in [2.75, 3.05) is 25.0 Å². The van der Waals surface area contributed by atoms with Crippen LogP contribution < -0.4 is 16.0 Å². The number of carbonyl (C=O) groups excluding carboxylic acids is 2. The fourth-order valence-electron chi connectivity index (χ4n) is 5.37. The van der Waals surface area contributed by atoms with E-state index in [1.54, 1.807) is 25.3 Å². The minimum absolute atomic E-state index is 0.119. The summed E-state index contributed by atoms with van der Waals surface area (Å²) in [6.45, 7) is 4.18. The van der Waals surface area contributed by atoms with Gasteiger partial charge in [0.05, 0.1) is 0 Å². The average molecular weight is 680 g/mol. The number of carboxylic acid groups (broad SMARTS) is 1. The third-order valence-corrected chi connectivity index (χ3v) is 9.67. The summed E-state index contributed by atoms with van der Waals surface area (Å²) in [5.74, 6) is -2.16. The monoisotopic (exact) mass is 679 g/mol. The number of aliphatic imine (C=N–C) groups is 1. The molecule has 15 heteroatoms. The van der Waals surface area contributed by atoms with Crippen molar-refractivity contribution in [3.63, 3.8) is 0 Å². The Labute approximate surface area is 272 Å². The van der Waals surface area contributed by atoms with Gasteiger partial charge in [0.15, 0.2) is 0 Å². The lowest BCUT2D eigenvalue weighted by Crippen LogP contribution is -2.50. The van der Waals surface area contributed by atoms with Crippen LogP contribution in [-0.2, 0) is 26.0 Å². The van der Waals surface area contributed by atoms with Crippen molar-refractivity contribution in [1.29, 1.82) is 0 Å². The lowest BCUT2D eigenvalue weighted by Gasteiger charge is -2.34. The third kappa shape index (κ3) is 10.1. The second-order valence-corrected chi connectivity index (χ2v) is 13.3. The SMILES string of the molecule is Cc1cc(N(C)C(N)=O)cc(C)c1/C=C\S(=O)(=O)N1CCC2(CC1)N=C(CCCCCc1ccccc1)NC2=O.O=C(O)C(F)(F)F. The van der Waals surface area contributed by atoms with Crippen LogP contribution in [0.2, 0.25) is 0 Å². The summed E-state index contributed by atoms with van der Waals surface area (Å²) < 4.78 is 59.4. The molecule has 2 aliphatic heterocycles. The fourth-order valence-corrected chi connectivity index (χ4v) is 6.54. The van der Waals surface area contributed by atoms with E-state index < -0.39 is 33.7 Å². The molecule has 2 aromatic carbocycles. The summed E-state index contributed by atoms with van der Waals surface area (Å²) in [5, 5.41) is 11.3. The number of halogens is 3. The number of nitrogens with zero attached hydrogens (tertiary/aromatic N) is 3. The highest BCUT2D eigenvalue weighted by Gasteiger charge is 2.47. The lowest BCUT2D eigenvalue weighted by atomic mass is 9.89. The summed E-state index contributed by atoms with van der Waals surface area (Å²) in [7, 11) is -2.10. The highest BCUT2D eigenvalue weighted by molar-refractivity contribution is 7.92. The Morgan fingerprint density at radius 3 is 2.15 bits per heavy atom. The Morgan fingerprint density at radius 2 is 1.62 bits per heavy atom. The van der Waals surface area contributed by atoms with Gasteiger partial charge in [-0.15, -0.1) is 0 Å². The van der Waals surface area contributed by atoms with Crippen LogP contribution in [0.3, 0.4) is 0 Å². The summed E-state index contributed by atoms with van der Waals surface area (Å²) in [6, 6.07) is 13.4. The maximum atomic E-state index is 13.1. The van der Waals surface area contributed by atoms with Crippen molar-refractivity contribution in [1.82, 2.24) is 9.62 Å². The number of benzene rings is 2. The predicted molar refractivity (Wildman–Crippen MR) is 173 cm³/mol. The molecule has 47 heavy (non-hydrogen) atoms. The maximum absolute atomic E-state index is 13.1. The molecule has 4 rings (SSSR count). The quantitative estimate of drug-likeness (QED) is 0.302. The van der Waals surface area contributed by atoms with Crippen molar-refractivity contribution in [3.8, 4) is 0 Å². The molecule has 2 aromatic rings. The Morgan fingerprint density at radius 1 is 1.06 bits per heavy atom. The molecule has 11 nitrogen and oxygen atoms in total. The highest BCUT2D eigenvalue weighted by Crippen LogP contribution is 2.32. The van der Waals surface area contributed by atoms with Crippen LogP contribution in [0.25, 0.3) is 6.08 Å². The van der Waals surface area contributed by atoms with E-state index in [2.05, 4.69) is 29.6 Å². The molecule has 0 atom stereocenters. The Bertz CT molecular complexity index is 1600. The van der Waals surface area contributed by atoms with Crippen molar-refractivity contribution in [3.05, 3.63) is 70.1 Å². The Kier molecular flexibility index (Phi) is 12.3. The van der Waals surface area contributed by atoms with Crippen LogP contribution in [0, 0.1) is 13.8 Å². The first kappa shape index (κ1) is 37.2. The first-order valence-electron chi connectivity index (χ1n) is 15.0. The van der Waals surface area contributed by atoms with Gasteiger partial charge in [0.2, 0.25) is 10.0 Å². The molecule has 2 aliphatic rings. The van der Waals surface area contributed by atoms with Crippen LogP contribution in [0.15, 0.2) is 52.9 Å². The minimum Gasteiger partial charge on any atom is -0.475 e. The van der Waals surface area contributed by atoms with Gasteiger partial charge in [-0.25, -0.2) is 18.0 Å². The Hall–Kier alpha value is -4.24. The summed E-state index contributed by atoms with van der Waals surface area (Å²) in [4.78, 5) is 39.4. The average Bonchev–Trinajstić information content (AvgIpc) is 3.30. The van der Waals surface area contributed by atoms with Crippen molar-refractivity contribution in [2.45, 2.75) is 70.5 Å². The number of hydrogen-bond donors (Lipinski definition) is 3. The minimum atomic E-state index is -5.08. The number of hydrogen-bond acceptors (Lipinski definition) is 6. The third-order valence-electron chi connectivity index (χ3n) is 8.11. The van der Waals surface area contributed by atoms with Crippen LogP contribution in [0.1, 0.15) is 60.8 Å². The molecule has 0 bridgehead atoms. The predicted octanol–water partition coefficient (Wildman–Crippen LogP) is 4.92. The normalized spacial score (nSPS) is 16.4. The maximum Gasteiger partial charge on any atom is 0.490 e. The molecular weight excluding hydrogens is 639 g/mol. The van der Waals surface area contributed by atoms with E-state index >= 15 is 0 Å². The van der Waals surface area contributed by atoms with Gasteiger partial charge in [-0.05, 0) is 86.4 Å². The topological polar surface area (TPSA) is 162 Å². The molecule has 1 saturated heterocycles. The number of nitrogens with two attached hydrogens (primary N) is 1. The molecule has 0 aromatic heterocycles. The van der Waals surface area contributed by atoms with Gasteiger partial charge in [-0.3, -0.25) is 14.7 Å². The molecule has 1 spiro atoms. The van der Waals surface area contributed by atoms with Gasteiger partial charge >= 0.3 is 18.2 Å². The van der Waals surface area contributed by atoms with Gasteiger partial charge in [0.1, 0.15) is 11.4 Å². The van der Waals surface area contributed by atoms with E-state index in [0.717, 1.165) is 54.6 Å². The van der Waals surface area contributed by atoms with Crippen LogP contribution in [0.5, 0.6) is 0 Å². The number of piperidine rings is 1. The van der Waals surface area contributed by atoms with Crippen LogP contribution in [0.4, 0.5) is 23.7 Å². The number of aryl methyl sites for hydroxylation is 3. The number of unbranched alkanes of at least 4 members (excludes halogenated alkanes) is 2. The molecule has 4 N–H and O–H groups in total. The van der Waals surface area contributed by atoms with Crippen molar-refractivity contribution >= 4 is 45.5 Å². The smallest absolute Gasteiger partial charge is 0.475 e. The lowest BCUT2D eigenvalue weighted by molar-refractivity contribution is -0.192. The number of alkyl halides is 3. The zero-order chi connectivity index (χ0) is 35.0. The molecular formula is C32H40F3N5O6S. The summed E-state index contributed by atoms with van der Waals surface area (Å²) in [5.41, 5.74) is 8.91. The van der Waals surface area contributed by atoms with Crippen LogP contribution in [-0.4, -0.2) is 73.4 Å². The van der Waals surface area contributed by atoms with Crippen LogP contribution >= 0.6 is 0 Å². The molecule has 256 valence electrons. The number of anilines is 1. The van der Waals surface area contributed by atoms with Gasteiger partial charge in [0, 0.05) is 37.7 Å². The first-order valence-corrected chi connectivity index (χ1v) is 16.5. The van der Waals surface area contributed by atoms with Gasteiger partial charge in [0.25, 0.3) is 5.91 Å². The van der Waals surface area contributed by atoms with Crippen molar-refractivity contribution < 1.29 is 41.1 Å². The molecule has 0 unspecified atom stereocenters. The highest BCUT2D eigenvalue weighted by atomic mass is 32.2. The number of sulfonamides is 1. The van der Waals surface area contributed by atoms with E-state index in [1.165, 1.54) is 20.2 Å². The number of rotatable bonds is 10. The first-order chi connectivity index (χ1) is 21.9. The number of urea groups is 1. The van der Waals surface area contributed by atoms with E-state index in [1.807, 2.05) is 19.9 Å². The second kappa shape index (κ2) is 15.6. The number of primary amides is 1. The molecule has 1 fully saturated rings. The zero-order valence-corrected chi connectivity index (χ0v) is 27.3. The van der Waals surface area contributed by atoms with Gasteiger partial charge in [-0.2, -0.15) is 17.5 Å².